The Kier molecular flexibility index (Phi) is 4.44. The van der Waals surface area contributed by atoms with Gasteiger partial charge in [-0.15, -0.1) is 0 Å². The molecule has 6 heteroatoms. The first-order valence-electron chi connectivity index (χ1n) is 9.70. The number of carboxylic acids is 2. The summed E-state index contributed by atoms with van der Waals surface area (Å²) < 4.78 is 0. The number of aromatic carboxylic acids is 1. The van der Waals surface area contributed by atoms with Crippen molar-refractivity contribution in [2.24, 2.45) is 23.2 Å². The van der Waals surface area contributed by atoms with E-state index in [2.05, 4.69) is 5.32 Å². The predicted molar refractivity (Wildman–Crippen MR) is 97.3 cm³/mol. The number of rotatable bonds is 6. The number of amides is 1. The van der Waals surface area contributed by atoms with Gasteiger partial charge in [0.2, 0.25) is 5.91 Å². The van der Waals surface area contributed by atoms with E-state index in [0.29, 0.717) is 23.3 Å². The Balaban J connectivity index is 1.46. The summed E-state index contributed by atoms with van der Waals surface area (Å²) in [4.78, 5) is 35.8. The molecule has 4 aliphatic carbocycles. The molecule has 1 atom stereocenters. The van der Waals surface area contributed by atoms with E-state index < -0.39 is 18.0 Å². The summed E-state index contributed by atoms with van der Waals surface area (Å²) in [6, 6.07) is 5.13. The van der Waals surface area contributed by atoms with Crippen LogP contribution in [0.1, 0.15) is 54.4 Å². The van der Waals surface area contributed by atoms with Crippen LogP contribution in [0, 0.1) is 23.2 Å². The average Bonchev–Trinajstić information content (AvgIpc) is 2.60. The fraction of sp³-hybridized carbons (Fsp3) is 0.571. The van der Waals surface area contributed by atoms with E-state index in [1.165, 1.54) is 31.4 Å². The van der Waals surface area contributed by atoms with Gasteiger partial charge in [0.1, 0.15) is 6.04 Å². The quantitative estimate of drug-likeness (QED) is 0.713. The van der Waals surface area contributed by atoms with Crippen molar-refractivity contribution in [1.82, 2.24) is 5.32 Å². The molecule has 3 N–H and O–H groups in total. The van der Waals surface area contributed by atoms with Gasteiger partial charge in [-0.25, -0.2) is 9.59 Å². The number of nitrogens with one attached hydrogen (secondary N) is 1. The Morgan fingerprint density at radius 3 is 1.93 bits per heavy atom. The Morgan fingerprint density at radius 1 is 0.963 bits per heavy atom. The van der Waals surface area contributed by atoms with Crippen molar-refractivity contribution in [3.8, 4) is 0 Å². The standard InChI is InChI=1S/C21H25NO5/c23-18(24)16-3-1-12(2-4-16)8-17(19(25)26)22-20(27)21-9-13-5-14(10-21)7-15(6-13)11-21/h1-4,13-15,17H,5-11H2,(H,22,27)(H,23,24)(H,25,26)/t13?,14?,15?,17-,21?/m0/s1. The Bertz CT molecular complexity index is 734. The highest BCUT2D eigenvalue weighted by Crippen LogP contribution is 2.60. The van der Waals surface area contributed by atoms with Crippen molar-refractivity contribution in [1.29, 1.82) is 0 Å². The maximum Gasteiger partial charge on any atom is 0.335 e. The molecule has 0 saturated heterocycles. The number of carboxylic acid groups (broad SMARTS) is 2. The molecule has 0 aromatic heterocycles. The van der Waals surface area contributed by atoms with E-state index in [-0.39, 0.29) is 23.3 Å². The Hall–Kier alpha value is -2.37. The maximum absolute atomic E-state index is 13.1. The highest BCUT2D eigenvalue weighted by molar-refractivity contribution is 5.88. The van der Waals surface area contributed by atoms with Crippen molar-refractivity contribution in [3.05, 3.63) is 35.4 Å². The van der Waals surface area contributed by atoms with E-state index in [1.807, 2.05) is 0 Å². The van der Waals surface area contributed by atoms with Crippen molar-refractivity contribution < 1.29 is 24.6 Å². The summed E-state index contributed by atoms with van der Waals surface area (Å²) in [5, 5.41) is 21.4. The summed E-state index contributed by atoms with van der Waals surface area (Å²) in [5.74, 6) is -0.325. The summed E-state index contributed by atoms with van der Waals surface area (Å²) in [5.41, 5.74) is 0.469. The zero-order chi connectivity index (χ0) is 19.2. The lowest BCUT2D eigenvalue weighted by Gasteiger charge is -2.55. The topological polar surface area (TPSA) is 104 Å². The second-order valence-corrected chi connectivity index (χ2v) is 8.77. The average molecular weight is 371 g/mol. The Morgan fingerprint density at radius 2 is 1.48 bits per heavy atom. The number of benzene rings is 1. The van der Waals surface area contributed by atoms with Crippen LogP contribution >= 0.6 is 0 Å². The smallest absolute Gasteiger partial charge is 0.335 e. The number of aliphatic carboxylic acids is 1. The minimum atomic E-state index is -1.06. The van der Waals surface area contributed by atoms with Crippen LogP contribution in [-0.4, -0.2) is 34.1 Å². The van der Waals surface area contributed by atoms with Gasteiger partial charge in [0.25, 0.3) is 0 Å². The molecule has 4 fully saturated rings. The van der Waals surface area contributed by atoms with Crippen molar-refractivity contribution >= 4 is 17.8 Å². The van der Waals surface area contributed by atoms with Gasteiger partial charge in [-0.2, -0.15) is 0 Å². The first-order chi connectivity index (χ1) is 12.8. The van der Waals surface area contributed by atoms with E-state index in [4.69, 9.17) is 5.11 Å². The lowest BCUT2D eigenvalue weighted by atomic mass is 9.49. The van der Waals surface area contributed by atoms with Crippen LogP contribution < -0.4 is 5.32 Å². The van der Waals surface area contributed by atoms with Crippen LogP contribution in [0.4, 0.5) is 0 Å². The second kappa shape index (κ2) is 6.66. The third-order valence-electron chi connectivity index (χ3n) is 6.76. The molecule has 144 valence electrons. The molecule has 0 spiro atoms. The van der Waals surface area contributed by atoms with Gasteiger partial charge in [-0.1, -0.05) is 12.1 Å². The van der Waals surface area contributed by atoms with Gasteiger partial charge in [0.15, 0.2) is 0 Å². The molecule has 1 aromatic carbocycles. The van der Waals surface area contributed by atoms with Crippen LogP contribution in [0.5, 0.6) is 0 Å². The van der Waals surface area contributed by atoms with E-state index in [1.54, 1.807) is 12.1 Å². The van der Waals surface area contributed by atoms with Gasteiger partial charge < -0.3 is 15.5 Å². The summed E-state index contributed by atoms with van der Waals surface area (Å²) >= 11 is 0. The van der Waals surface area contributed by atoms with Gasteiger partial charge in [-0.3, -0.25) is 4.79 Å². The summed E-state index contributed by atoms with van der Waals surface area (Å²) in [6.45, 7) is 0. The van der Waals surface area contributed by atoms with Crippen LogP contribution in [0.25, 0.3) is 0 Å². The number of hydrogen-bond acceptors (Lipinski definition) is 3. The molecule has 27 heavy (non-hydrogen) atoms. The van der Waals surface area contributed by atoms with Gasteiger partial charge in [0, 0.05) is 11.8 Å². The highest BCUT2D eigenvalue weighted by Gasteiger charge is 2.54. The highest BCUT2D eigenvalue weighted by atomic mass is 16.4. The number of carbonyl (C=O) groups is 3. The molecule has 5 rings (SSSR count). The maximum atomic E-state index is 13.1. The third kappa shape index (κ3) is 3.45. The fourth-order valence-corrected chi connectivity index (χ4v) is 5.92. The molecule has 0 radical (unpaired) electrons. The van der Waals surface area contributed by atoms with Crippen molar-refractivity contribution in [2.75, 3.05) is 0 Å². The van der Waals surface area contributed by atoms with Crippen LogP contribution in [0.15, 0.2) is 24.3 Å². The SMILES string of the molecule is O=C(O)c1ccc(C[C@H](NC(=O)C23CC4CC(CC(C4)C2)C3)C(=O)O)cc1. The Labute approximate surface area is 158 Å². The van der Waals surface area contributed by atoms with Crippen molar-refractivity contribution in [3.63, 3.8) is 0 Å². The summed E-state index contributed by atoms with van der Waals surface area (Å²) in [6.07, 6.45) is 6.51. The predicted octanol–water partition coefficient (Wildman–Crippen LogP) is 2.71. The normalized spacial score (nSPS) is 32.1. The molecule has 1 aromatic rings. The molecule has 4 aliphatic rings. The van der Waals surface area contributed by atoms with E-state index >= 15 is 0 Å². The number of hydrogen-bond donors (Lipinski definition) is 3. The first kappa shape index (κ1) is 18.0. The van der Waals surface area contributed by atoms with E-state index in [0.717, 1.165) is 19.3 Å². The minimum absolute atomic E-state index is 0.101. The van der Waals surface area contributed by atoms with E-state index in [9.17, 15) is 19.5 Å². The van der Waals surface area contributed by atoms with Crippen molar-refractivity contribution in [2.45, 2.75) is 51.0 Å². The molecule has 0 aliphatic heterocycles. The molecule has 4 bridgehead atoms. The molecular formula is C21H25NO5. The molecular weight excluding hydrogens is 346 g/mol. The monoisotopic (exact) mass is 371 g/mol. The molecule has 6 nitrogen and oxygen atoms in total. The fourth-order valence-electron chi connectivity index (χ4n) is 5.92. The zero-order valence-electron chi connectivity index (χ0n) is 15.2. The van der Waals surface area contributed by atoms with Crippen LogP contribution in [0.3, 0.4) is 0 Å². The minimum Gasteiger partial charge on any atom is -0.480 e. The summed E-state index contributed by atoms with van der Waals surface area (Å²) in [7, 11) is 0. The van der Waals surface area contributed by atoms with Crippen LogP contribution in [0.2, 0.25) is 0 Å². The van der Waals surface area contributed by atoms with Crippen LogP contribution in [-0.2, 0) is 16.0 Å². The molecule has 0 heterocycles. The van der Waals surface area contributed by atoms with Gasteiger partial charge in [0.05, 0.1) is 5.56 Å². The molecule has 1 amide bonds. The first-order valence-corrected chi connectivity index (χ1v) is 9.70. The molecule has 0 unspecified atom stereocenters. The van der Waals surface area contributed by atoms with Gasteiger partial charge >= 0.3 is 11.9 Å². The zero-order valence-corrected chi connectivity index (χ0v) is 15.2. The second-order valence-electron chi connectivity index (χ2n) is 8.77. The van der Waals surface area contributed by atoms with Gasteiger partial charge in [-0.05, 0) is 74.0 Å². The largest absolute Gasteiger partial charge is 0.480 e. The lowest BCUT2D eigenvalue weighted by Crippen LogP contribution is -2.56. The lowest BCUT2D eigenvalue weighted by molar-refractivity contribution is -0.151. The number of carbonyl (C=O) groups excluding carboxylic acids is 1. The molecule has 4 saturated carbocycles. The third-order valence-corrected chi connectivity index (χ3v) is 6.76.